The van der Waals surface area contributed by atoms with Crippen LogP contribution in [0.3, 0.4) is 0 Å². The van der Waals surface area contributed by atoms with Crippen molar-refractivity contribution in [3.8, 4) is 0 Å². The fourth-order valence-electron chi connectivity index (χ4n) is 2.49. The topological polar surface area (TPSA) is 75.3 Å². The van der Waals surface area contributed by atoms with E-state index in [-0.39, 0.29) is 6.61 Å². The molecule has 1 atom stereocenters. The highest BCUT2D eigenvalue weighted by Gasteiger charge is 2.22. The smallest absolute Gasteiger partial charge is 0.226 e. The van der Waals surface area contributed by atoms with Crippen molar-refractivity contribution in [2.45, 2.75) is 26.2 Å². The average molecular weight is 280 g/mol. The van der Waals surface area contributed by atoms with Gasteiger partial charge in [-0.15, -0.1) is 0 Å². The fraction of sp³-hybridized carbons (Fsp3) is 0.615. The first-order valence-electron chi connectivity index (χ1n) is 6.61. The lowest BCUT2D eigenvalue weighted by Crippen LogP contribution is -2.37. The van der Waals surface area contributed by atoms with Crippen LogP contribution < -0.4 is 10.6 Å². The summed E-state index contributed by atoms with van der Waals surface area (Å²) >= 11 is 4.98. The summed E-state index contributed by atoms with van der Waals surface area (Å²) in [5.74, 6) is 1.21. The van der Waals surface area contributed by atoms with E-state index in [2.05, 4.69) is 14.9 Å². The van der Waals surface area contributed by atoms with Crippen LogP contribution in [0.4, 0.5) is 5.95 Å². The Morgan fingerprint density at radius 2 is 2.37 bits per heavy atom. The number of anilines is 1. The van der Waals surface area contributed by atoms with Gasteiger partial charge >= 0.3 is 0 Å². The molecule has 1 aliphatic rings. The third kappa shape index (κ3) is 3.61. The van der Waals surface area contributed by atoms with Gasteiger partial charge in [-0.1, -0.05) is 12.2 Å². The van der Waals surface area contributed by atoms with Gasteiger partial charge in [-0.3, -0.25) is 0 Å². The molecule has 1 aromatic rings. The van der Waals surface area contributed by atoms with E-state index in [1.165, 1.54) is 0 Å². The second kappa shape index (κ2) is 6.25. The molecule has 1 saturated heterocycles. The minimum Gasteiger partial charge on any atom is -0.396 e. The van der Waals surface area contributed by atoms with Crippen LogP contribution in [0.15, 0.2) is 6.07 Å². The van der Waals surface area contributed by atoms with Crippen LogP contribution in [0.5, 0.6) is 0 Å². The van der Waals surface area contributed by atoms with Gasteiger partial charge in [0.05, 0.1) is 0 Å². The second-order valence-corrected chi connectivity index (χ2v) is 5.47. The largest absolute Gasteiger partial charge is 0.396 e. The Labute approximate surface area is 118 Å². The Balaban J connectivity index is 2.18. The van der Waals surface area contributed by atoms with Gasteiger partial charge in [0, 0.05) is 25.4 Å². The molecule has 104 valence electrons. The molecule has 0 aromatic carbocycles. The maximum atomic E-state index is 9.05. The standard InChI is InChI=1S/C13H20N4OS/c1-9-7-11(12(14)19)16-13(15-9)17-5-2-3-10(8-17)4-6-18/h7,10,18H,2-6,8H2,1H3,(H2,14,19). The molecule has 2 heterocycles. The first-order chi connectivity index (χ1) is 9.10. The van der Waals surface area contributed by atoms with Crippen LogP contribution in [0, 0.1) is 12.8 Å². The maximum Gasteiger partial charge on any atom is 0.226 e. The molecule has 0 bridgehead atoms. The number of nitrogens with zero attached hydrogens (tertiary/aromatic N) is 3. The van der Waals surface area contributed by atoms with Crippen LogP contribution in [-0.2, 0) is 0 Å². The maximum absolute atomic E-state index is 9.05. The highest BCUT2D eigenvalue weighted by atomic mass is 32.1. The normalized spacial score (nSPS) is 19.5. The number of thiocarbonyl (C=S) groups is 1. The first kappa shape index (κ1) is 14.1. The van der Waals surface area contributed by atoms with Crippen molar-refractivity contribution in [3.05, 3.63) is 17.5 Å². The summed E-state index contributed by atoms with van der Waals surface area (Å²) in [6.07, 6.45) is 3.10. The Hall–Kier alpha value is -1.27. The Bertz CT molecular complexity index is 464. The zero-order valence-electron chi connectivity index (χ0n) is 11.2. The molecular formula is C13H20N4OS. The number of nitrogens with two attached hydrogens (primary N) is 1. The number of hydrogen-bond acceptors (Lipinski definition) is 5. The SMILES string of the molecule is Cc1cc(C(N)=S)nc(N2CCCC(CCO)C2)n1. The molecule has 6 heteroatoms. The molecule has 1 aromatic heterocycles. The van der Waals surface area contributed by atoms with Crippen LogP contribution in [0.1, 0.15) is 30.7 Å². The lowest BCUT2D eigenvalue weighted by atomic mass is 9.95. The summed E-state index contributed by atoms with van der Waals surface area (Å²) in [6.45, 7) is 4.00. The Morgan fingerprint density at radius 1 is 1.58 bits per heavy atom. The van der Waals surface area contributed by atoms with E-state index in [0.29, 0.717) is 22.5 Å². The Morgan fingerprint density at radius 3 is 3.05 bits per heavy atom. The number of aliphatic hydroxyl groups excluding tert-OH is 1. The summed E-state index contributed by atoms with van der Waals surface area (Å²) < 4.78 is 0. The van der Waals surface area contributed by atoms with Crippen molar-refractivity contribution in [1.82, 2.24) is 9.97 Å². The minimum atomic E-state index is 0.241. The van der Waals surface area contributed by atoms with Gasteiger partial charge in [0.2, 0.25) is 5.95 Å². The molecule has 3 N–H and O–H groups in total. The molecule has 1 fully saturated rings. The predicted molar refractivity (Wildman–Crippen MR) is 79.3 cm³/mol. The number of aryl methyl sites for hydroxylation is 1. The van der Waals surface area contributed by atoms with Crippen molar-refractivity contribution < 1.29 is 5.11 Å². The summed E-state index contributed by atoms with van der Waals surface area (Å²) in [6, 6.07) is 1.81. The van der Waals surface area contributed by atoms with Gasteiger partial charge in [-0.2, -0.15) is 0 Å². The van der Waals surface area contributed by atoms with E-state index in [0.717, 1.165) is 38.0 Å². The zero-order valence-corrected chi connectivity index (χ0v) is 12.0. The second-order valence-electron chi connectivity index (χ2n) is 5.03. The predicted octanol–water partition coefficient (Wildman–Crippen LogP) is 1.02. The van der Waals surface area contributed by atoms with Crippen LogP contribution in [-0.4, -0.2) is 39.8 Å². The van der Waals surface area contributed by atoms with Crippen molar-refractivity contribution in [1.29, 1.82) is 0 Å². The molecule has 0 amide bonds. The first-order valence-corrected chi connectivity index (χ1v) is 7.02. The van der Waals surface area contributed by atoms with Crippen LogP contribution in [0.2, 0.25) is 0 Å². The lowest BCUT2D eigenvalue weighted by Gasteiger charge is -2.32. The molecule has 0 aliphatic carbocycles. The highest BCUT2D eigenvalue weighted by molar-refractivity contribution is 7.80. The molecule has 19 heavy (non-hydrogen) atoms. The number of piperidine rings is 1. The van der Waals surface area contributed by atoms with Crippen molar-refractivity contribution in [2.75, 3.05) is 24.6 Å². The zero-order chi connectivity index (χ0) is 13.8. The molecule has 0 saturated carbocycles. The number of rotatable bonds is 4. The minimum absolute atomic E-state index is 0.241. The third-order valence-corrected chi connectivity index (χ3v) is 3.64. The van der Waals surface area contributed by atoms with Crippen LogP contribution >= 0.6 is 12.2 Å². The van der Waals surface area contributed by atoms with E-state index in [1.54, 1.807) is 6.07 Å². The number of aliphatic hydroxyl groups is 1. The van der Waals surface area contributed by atoms with Gasteiger partial charge < -0.3 is 15.7 Å². The van der Waals surface area contributed by atoms with Gasteiger partial charge in [-0.05, 0) is 38.2 Å². The van der Waals surface area contributed by atoms with Crippen molar-refractivity contribution in [3.63, 3.8) is 0 Å². The molecule has 0 spiro atoms. The number of hydrogen-bond donors (Lipinski definition) is 2. The summed E-state index contributed by atoms with van der Waals surface area (Å²) in [4.78, 5) is 11.4. The summed E-state index contributed by atoms with van der Waals surface area (Å²) in [7, 11) is 0. The van der Waals surface area contributed by atoms with E-state index < -0.39 is 0 Å². The molecule has 1 aliphatic heterocycles. The van der Waals surface area contributed by atoms with E-state index in [4.69, 9.17) is 23.1 Å². The summed E-state index contributed by atoms with van der Waals surface area (Å²) in [5, 5.41) is 9.05. The quantitative estimate of drug-likeness (QED) is 0.802. The highest BCUT2D eigenvalue weighted by Crippen LogP contribution is 2.22. The van der Waals surface area contributed by atoms with Gasteiger partial charge in [-0.25, -0.2) is 9.97 Å². The van der Waals surface area contributed by atoms with Crippen LogP contribution in [0.25, 0.3) is 0 Å². The molecular weight excluding hydrogens is 260 g/mol. The average Bonchev–Trinajstić information content (AvgIpc) is 2.38. The van der Waals surface area contributed by atoms with Crippen molar-refractivity contribution >= 4 is 23.2 Å². The Kier molecular flexibility index (Phi) is 4.66. The molecule has 1 unspecified atom stereocenters. The molecule has 2 rings (SSSR count). The summed E-state index contributed by atoms with van der Waals surface area (Å²) in [5.41, 5.74) is 7.14. The molecule has 0 radical (unpaired) electrons. The monoisotopic (exact) mass is 280 g/mol. The molecule has 5 nitrogen and oxygen atoms in total. The third-order valence-electron chi connectivity index (χ3n) is 3.43. The van der Waals surface area contributed by atoms with Crippen molar-refractivity contribution in [2.24, 2.45) is 11.7 Å². The lowest BCUT2D eigenvalue weighted by molar-refractivity contribution is 0.244. The number of aromatic nitrogens is 2. The fourth-order valence-corrected chi connectivity index (χ4v) is 2.59. The van der Waals surface area contributed by atoms with Gasteiger partial charge in [0.1, 0.15) is 10.7 Å². The van der Waals surface area contributed by atoms with E-state index in [1.807, 2.05) is 6.92 Å². The van der Waals surface area contributed by atoms with Gasteiger partial charge in [0.25, 0.3) is 0 Å². The van der Waals surface area contributed by atoms with Gasteiger partial charge in [0.15, 0.2) is 0 Å². The van der Waals surface area contributed by atoms with E-state index in [9.17, 15) is 0 Å². The van der Waals surface area contributed by atoms with E-state index >= 15 is 0 Å².